The molecular weight excluding hydrogens is 541 g/mol. The third-order valence-corrected chi connectivity index (χ3v) is 7.67. The summed E-state index contributed by atoms with van der Waals surface area (Å²) in [6, 6.07) is 22.6. The van der Waals surface area contributed by atoms with Crippen molar-refractivity contribution in [2.45, 2.75) is 11.1 Å². The second-order valence-electron chi connectivity index (χ2n) is 8.20. The first-order valence-electron chi connectivity index (χ1n) is 11.4. The first-order valence-corrected chi connectivity index (χ1v) is 13.2. The number of nitrogens with zero attached hydrogens (tertiary/aromatic N) is 1. The summed E-state index contributed by atoms with van der Waals surface area (Å²) in [4.78, 5) is 12.5. The van der Waals surface area contributed by atoms with Crippen LogP contribution < -0.4 is 14.4 Å². The van der Waals surface area contributed by atoms with E-state index in [0.717, 1.165) is 22.9 Å². The lowest BCUT2D eigenvalue weighted by molar-refractivity contribution is -0.137. The SMILES string of the molecule is O=C(CN(c1cc(C(F)(F)F)ccc1Cl)S(=O)(=O)c1ccccc1)NCCOc1ccc2ccccc2c1. The molecule has 0 aromatic heterocycles. The fourth-order valence-corrected chi connectivity index (χ4v) is 5.42. The number of anilines is 1. The maximum atomic E-state index is 13.4. The number of nitrogens with one attached hydrogen (secondary N) is 1. The Morgan fingerprint density at radius 2 is 1.58 bits per heavy atom. The summed E-state index contributed by atoms with van der Waals surface area (Å²) in [5.74, 6) is -0.165. The summed E-state index contributed by atoms with van der Waals surface area (Å²) in [5.41, 5.74) is -1.57. The number of sulfonamides is 1. The summed E-state index contributed by atoms with van der Waals surface area (Å²) < 4.78 is 73.1. The number of carbonyl (C=O) groups excluding carboxylic acids is 1. The summed E-state index contributed by atoms with van der Waals surface area (Å²) in [5, 5.41) is 4.31. The Hall–Kier alpha value is -3.76. The highest BCUT2D eigenvalue weighted by molar-refractivity contribution is 7.92. The van der Waals surface area contributed by atoms with Gasteiger partial charge in [-0.1, -0.05) is 60.1 Å². The van der Waals surface area contributed by atoms with Gasteiger partial charge in [-0.2, -0.15) is 13.2 Å². The third-order valence-electron chi connectivity index (χ3n) is 5.57. The molecule has 0 aliphatic heterocycles. The van der Waals surface area contributed by atoms with Crippen molar-refractivity contribution in [3.05, 3.63) is 102 Å². The number of hydrogen-bond donors (Lipinski definition) is 1. The topological polar surface area (TPSA) is 75.7 Å². The summed E-state index contributed by atoms with van der Waals surface area (Å²) >= 11 is 6.13. The van der Waals surface area contributed by atoms with Crippen LogP contribution in [0.4, 0.5) is 18.9 Å². The predicted molar refractivity (Wildman–Crippen MR) is 140 cm³/mol. The van der Waals surface area contributed by atoms with Crippen molar-refractivity contribution in [2.75, 3.05) is 24.0 Å². The van der Waals surface area contributed by atoms with E-state index < -0.39 is 39.9 Å². The number of rotatable bonds is 9. The fourth-order valence-electron chi connectivity index (χ4n) is 3.70. The minimum atomic E-state index is -4.75. The quantitative estimate of drug-likeness (QED) is 0.258. The van der Waals surface area contributed by atoms with Gasteiger partial charge in [-0.25, -0.2) is 8.42 Å². The number of fused-ring (bicyclic) bond motifs is 1. The number of ether oxygens (including phenoxy) is 1. The molecule has 0 unspecified atom stereocenters. The van der Waals surface area contributed by atoms with Crippen molar-refractivity contribution in [1.29, 1.82) is 0 Å². The zero-order chi connectivity index (χ0) is 27.3. The van der Waals surface area contributed by atoms with Gasteiger partial charge in [0.2, 0.25) is 5.91 Å². The maximum Gasteiger partial charge on any atom is 0.416 e. The number of hydrogen-bond acceptors (Lipinski definition) is 4. The van der Waals surface area contributed by atoms with E-state index in [2.05, 4.69) is 5.32 Å². The van der Waals surface area contributed by atoms with Crippen LogP contribution in [-0.4, -0.2) is 34.0 Å². The zero-order valence-corrected chi connectivity index (χ0v) is 21.4. The molecule has 0 saturated carbocycles. The van der Waals surface area contributed by atoms with Crippen LogP contribution in [0, 0.1) is 0 Å². The molecule has 0 aliphatic carbocycles. The van der Waals surface area contributed by atoms with E-state index in [1.165, 1.54) is 24.3 Å². The summed E-state index contributed by atoms with van der Waals surface area (Å²) in [6.45, 7) is -0.685. The predicted octanol–water partition coefficient (Wildman–Crippen LogP) is 5.90. The van der Waals surface area contributed by atoms with Gasteiger partial charge in [-0.3, -0.25) is 9.10 Å². The van der Waals surface area contributed by atoms with Crippen LogP contribution in [0.15, 0.2) is 95.9 Å². The van der Waals surface area contributed by atoms with Gasteiger partial charge in [0.15, 0.2) is 0 Å². The lowest BCUT2D eigenvalue weighted by Crippen LogP contribution is -2.42. The maximum absolute atomic E-state index is 13.4. The molecule has 4 aromatic rings. The summed E-state index contributed by atoms with van der Waals surface area (Å²) in [6.07, 6.45) is -4.75. The molecule has 0 saturated heterocycles. The van der Waals surface area contributed by atoms with Crippen molar-refractivity contribution in [1.82, 2.24) is 5.32 Å². The Kier molecular flexibility index (Phi) is 8.13. The van der Waals surface area contributed by atoms with Gasteiger partial charge in [0.1, 0.15) is 18.9 Å². The molecule has 0 bridgehead atoms. The first-order chi connectivity index (χ1) is 18.1. The number of benzene rings is 4. The van der Waals surface area contributed by atoms with Crippen LogP contribution in [0.25, 0.3) is 10.8 Å². The van der Waals surface area contributed by atoms with Crippen molar-refractivity contribution in [3.63, 3.8) is 0 Å². The highest BCUT2D eigenvalue weighted by atomic mass is 35.5. The number of carbonyl (C=O) groups is 1. The van der Waals surface area contributed by atoms with Gasteiger partial charge in [-0.05, 0) is 53.2 Å². The van der Waals surface area contributed by atoms with Gasteiger partial charge < -0.3 is 10.1 Å². The van der Waals surface area contributed by atoms with Gasteiger partial charge in [0.05, 0.1) is 27.7 Å². The van der Waals surface area contributed by atoms with E-state index in [1.54, 1.807) is 12.1 Å². The number of halogens is 4. The monoisotopic (exact) mass is 562 g/mol. The Morgan fingerprint density at radius 1 is 0.895 bits per heavy atom. The molecule has 1 amide bonds. The number of amides is 1. The smallest absolute Gasteiger partial charge is 0.416 e. The third kappa shape index (κ3) is 6.38. The minimum absolute atomic E-state index is 0.0290. The van der Waals surface area contributed by atoms with Crippen molar-refractivity contribution < 1.29 is 31.1 Å². The van der Waals surface area contributed by atoms with E-state index in [-0.39, 0.29) is 23.1 Å². The zero-order valence-electron chi connectivity index (χ0n) is 19.8. The molecular formula is C27H22ClF3N2O4S. The largest absolute Gasteiger partial charge is 0.492 e. The molecule has 198 valence electrons. The fraction of sp³-hybridized carbons (Fsp3) is 0.148. The van der Waals surface area contributed by atoms with Crippen LogP contribution in [0.1, 0.15) is 5.56 Å². The van der Waals surface area contributed by atoms with Gasteiger partial charge >= 0.3 is 6.18 Å². The van der Waals surface area contributed by atoms with E-state index >= 15 is 0 Å². The molecule has 6 nitrogen and oxygen atoms in total. The van der Waals surface area contributed by atoms with Crippen LogP contribution in [0.2, 0.25) is 5.02 Å². The number of alkyl halides is 3. The summed E-state index contributed by atoms with van der Waals surface area (Å²) in [7, 11) is -4.44. The Bertz CT molecular complexity index is 1550. The van der Waals surface area contributed by atoms with Crippen molar-refractivity contribution in [3.8, 4) is 5.75 Å². The van der Waals surface area contributed by atoms with E-state index in [1.807, 2.05) is 36.4 Å². The Morgan fingerprint density at radius 3 is 2.29 bits per heavy atom. The highest BCUT2D eigenvalue weighted by Crippen LogP contribution is 2.37. The molecule has 0 spiro atoms. The average Bonchev–Trinajstić information content (AvgIpc) is 2.90. The van der Waals surface area contributed by atoms with E-state index in [0.29, 0.717) is 16.1 Å². The van der Waals surface area contributed by atoms with Crippen LogP contribution in [-0.2, 0) is 21.0 Å². The second-order valence-corrected chi connectivity index (χ2v) is 10.5. The van der Waals surface area contributed by atoms with Crippen LogP contribution >= 0.6 is 11.6 Å². The first kappa shape index (κ1) is 27.3. The average molecular weight is 563 g/mol. The van der Waals surface area contributed by atoms with Gasteiger partial charge in [0.25, 0.3) is 10.0 Å². The highest BCUT2D eigenvalue weighted by Gasteiger charge is 2.34. The standard InChI is InChI=1S/C27H22ClF3N2O4S/c28-24-13-11-21(27(29,30)31)17-25(24)33(38(35,36)23-8-2-1-3-9-23)18-26(34)32-14-15-37-22-12-10-19-6-4-5-7-20(19)16-22/h1-13,16-17H,14-15,18H2,(H,32,34). The molecule has 11 heteroatoms. The second kappa shape index (κ2) is 11.3. The normalized spacial score (nSPS) is 11.8. The van der Waals surface area contributed by atoms with E-state index in [4.69, 9.17) is 16.3 Å². The lowest BCUT2D eigenvalue weighted by Gasteiger charge is -2.25. The Balaban J connectivity index is 1.50. The molecule has 0 fully saturated rings. The van der Waals surface area contributed by atoms with E-state index in [9.17, 15) is 26.4 Å². The van der Waals surface area contributed by atoms with Crippen molar-refractivity contribution >= 4 is 44.0 Å². The lowest BCUT2D eigenvalue weighted by atomic mass is 10.1. The molecule has 0 heterocycles. The minimum Gasteiger partial charge on any atom is -0.492 e. The molecule has 1 N–H and O–H groups in total. The van der Waals surface area contributed by atoms with Gasteiger partial charge in [0, 0.05) is 0 Å². The molecule has 0 aliphatic rings. The molecule has 0 atom stereocenters. The molecule has 4 aromatic carbocycles. The van der Waals surface area contributed by atoms with Crippen LogP contribution in [0.3, 0.4) is 0 Å². The van der Waals surface area contributed by atoms with Gasteiger partial charge in [-0.15, -0.1) is 0 Å². The van der Waals surface area contributed by atoms with Crippen LogP contribution in [0.5, 0.6) is 5.75 Å². The van der Waals surface area contributed by atoms with Crippen molar-refractivity contribution in [2.24, 2.45) is 0 Å². The molecule has 4 rings (SSSR count). The molecule has 0 radical (unpaired) electrons. The Labute approximate surface area is 222 Å². The molecule has 38 heavy (non-hydrogen) atoms.